The Morgan fingerprint density at radius 3 is 2.22 bits per heavy atom. The Kier molecular flexibility index (Phi) is 19.3. The second-order valence-electron chi connectivity index (χ2n) is 15.1. The van der Waals surface area contributed by atoms with Gasteiger partial charge in [0.1, 0.15) is 5.78 Å². The van der Waals surface area contributed by atoms with Crippen LogP contribution in [0.3, 0.4) is 0 Å². The fraction of sp³-hybridized carbons (Fsp3) is 0.750. The Labute approximate surface area is 313 Å². The highest BCUT2D eigenvalue weighted by Gasteiger charge is 2.42. The molecule has 1 fully saturated rings. The van der Waals surface area contributed by atoms with Crippen molar-refractivity contribution in [1.29, 1.82) is 0 Å². The molecule has 2 rings (SSSR count). The number of ether oxygens (including phenoxy) is 2. The van der Waals surface area contributed by atoms with E-state index in [0.717, 1.165) is 24.8 Å². The maximum Gasteiger partial charge on any atom is 0.226 e. The smallest absolute Gasteiger partial charge is 0.226 e. The summed E-state index contributed by atoms with van der Waals surface area (Å²) < 4.78 is 12.0. The van der Waals surface area contributed by atoms with Gasteiger partial charge in [0.15, 0.2) is 5.78 Å². The van der Waals surface area contributed by atoms with Crippen LogP contribution < -0.4 is 5.73 Å². The van der Waals surface area contributed by atoms with Gasteiger partial charge in [-0.25, -0.2) is 0 Å². The van der Waals surface area contributed by atoms with E-state index >= 15 is 0 Å². The van der Waals surface area contributed by atoms with Gasteiger partial charge < -0.3 is 25.0 Å². The topological polar surface area (TPSA) is 122 Å². The normalized spacial score (nSPS) is 19.0. The first kappa shape index (κ1) is 44.8. The molecule has 290 valence electrons. The number of likely N-dealkylation sites (tertiary alicyclic amines) is 1. The standard InChI is InChI=1S/C40H67ClN4O6/c1-11-27(4)38(44(8)40(49)30(21-22-42)24-34(47)37(26(2)3)43(6)7)35(50-9)25-36(48)45-23-15-19-32(45)39(51-10)28(5)33(46)20-14-17-29-16-12-13-18-31(29)41/h12-13,16,18,26-28,30,32,35,37-39H,11,14-15,17,19-25,42H2,1-10H3/t27-,28-,30+,32-,35+,37-,38-,39+/m0/s1. The van der Waals surface area contributed by atoms with E-state index in [1.165, 1.54) is 0 Å². The number of hydrogen-bond donors (Lipinski definition) is 1. The molecule has 0 saturated carbocycles. The molecular weight excluding hydrogens is 668 g/mol. The third-order valence-corrected chi connectivity index (χ3v) is 11.4. The van der Waals surface area contributed by atoms with Crippen molar-refractivity contribution in [3.8, 4) is 0 Å². The number of methoxy groups -OCH3 is 2. The first-order chi connectivity index (χ1) is 24.1. The van der Waals surface area contributed by atoms with E-state index in [4.69, 9.17) is 26.8 Å². The number of rotatable bonds is 23. The van der Waals surface area contributed by atoms with Crippen molar-refractivity contribution < 1.29 is 28.7 Å². The number of Topliss-reactive ketones (excluding diaryl/α,β-unsaturated/α-hetero) is 2. The van der Waals surface area contributed by atoms with Crippen molar-refractivity contribution in [1.82, 2.24) is 14.7 Å². The summed E-state index contributed by atoms with van der Waals surface area (Å²) in [7, 11) is 8.72. The van der Waals surface area contributed by atoms with E-state index in [1.807, 2.05) is 68.9 Å². The number of benzene rings is 1. The van der Waals surface area contributed by atoms with Crippen LogP contribution in [0.25, 0.3) is 0 Å². The van der Waals surface area contributed by atoms with Gasteiger partial charge in [-0.3, -0.25) is 24.1 Å². The van der Waals surface area contributed by atoms with Gasteiger partial charge in [0.05, 0.1) is 36.8 Å². The van der Waals surface area contributed by atoms with Gasteiger partial charge in [-0.1, -0.05) is 70.8 Å². The minimum Gasteiger partial charge on any atom is -0.379 e. The molecule has 1 heterocycles. The van der Waals surface area contributed by atoms with Gasteiger partial charge in [0.25, 0.3) is 0 Å². The quantitative estimate of drug-likeness (QED) is 0.153. The number of ketones is 2. The van der Waals surface area contributed by atoms with Crippen LogP contribution in [0.1, 0.15) is 91.5 Å². The lowest BCUT2D eigenvalue weighted by Crippen LogP contribution is -2.54. The summed E-state index contributed by atoms with van der Waals surface area (Å²) in [6, 6.07) is 6.74. The Morgan fingerprint density at radius 2 is 1.67 bits per heavy atom. The summed E-state index contributed by atoms with van der Waals surface area (Å²) in [5.74, 6) is -0.954. The van der Waals surface area contributed by atoms with E-state index in [2.05, 4.69) is 13.8 Å². The van der Waals surface area contributed by atoms with E-state index < -0.39 is 24.2 Å². The van der Waals surface area contributed by atoms with Crippen LogP contribution in [-0.2, 0) is 35.1 Å². The largest absolute Gasteiger partial charge is 0.379 e. The van der Waals surface area contributed by atoms with Crippen molar-refractivity contribution in [3.63, 3.8) is 0 Å². The molecule has 11 heteroatoms. The van der Waals surface area contributed by atoms with Crippen molar-refractivity contribution in [2.24, 2.45) is 29.4 Å². The Morgan fingerprint density at radius 1 is 1.00 bits per heavy atom. The molecular formula is C40H67ClN4O6. The molecule has 10 nitrogen and oxygen atoms in total. The van der Waals surface area contributed by atoms with Crippen molar-refractivity contribution in [2.45, 2.75) is 123 Å². The number of carbonyl (C=O) groups is 4. The molecule has 0 bridgehead atoms. The first-order valence-electron chi connectivity index (χ1n) is 18.9. The van der Waals surface area contributed by atoms with Crippen molar-refractivity contribution >= 4 is 35.0 Å². The second kappa shape index (κ2) is 22.0. The van der Waals surface area contributed by atoms with E-state index in [1.54, 1.807) is 26.2 Å². The zero-order valence-corrected chi connectivity index (χ0v) is 33.8. The molecule has 51 heavy (non-hydrogen) atoms. The van der Waals surface area contributed by atoms with Crippen LogP contribution in [0.4, 0.5) is 0 Å². The Bertz CT molecular complexity index is 1250. The van der Waals surface area contributed by atoms with Gasteiger partial charge >= 0.3 is 0 Å². The van der Waals surface area contributed by atoms with Crippen molar-refractivity contribution in [3.05, 3.63) is 34.9 Å². The number of amides is 2. The summed E-state index contributed by atoms with van der Waals surface area (Å²) in [6.07, 6.45) is 3.68. The molecule has 0 radical (unpaired) electrons. The zero-order valence-electron chi connectivity index (χ0n) is 33.0. The summed E-state index contributed by atoms with van der Waals surface area (Å²) in [5, 5.41) is 0.707. The molecule has 2 N–H and O–H groups in total. The monoisotopic (exact) mass is 734 g/mol. The number of nitrogens with two attached hydrogens (primary N) is 1. The fourth-order valence-corrected chi connectivity index (χ4v) is 8.37. The summed E-state index contributed by atoms with van der Waals surface area (Å²) in [5.41, 5.74) is 6.99. The van der Waals surface area contributed by atoms with E-state index in [9.17, 15) is 19.2 Å². The zero-order chi connectivity index (χ0) is 38.4. The van der Waals surface area contributed by atoms with Crippen LogP contribution in [0.2, 0.25) is 5.02 Å². The lowest BCUT2D eigenvalue weighted by molar-refractivity contribution is -0.148. The lowest BCUT2D eigenvalue weighted by Gasteiger charge is -2.40. The summed E-state index contributed by atoms with van der Waals surface area (Å²) in [6.45, 7) is 10.9. The number of nitrogens with zero attached hydrogens (tertiary/aromatic N) is 3. The van der Waals surface area contributed by atoms with Gasteiger partial charge in [0, 0.05) is 57.5 Å². The fourth-order valence-electron chi connectivity index (χ4n) is 8.14. The third-order valence-electron chi connectivity index (χ3n) is 11.0. The third kappa shape index (κ3) is 12.3. The highest BCUT2D eigenvalue weighted by atomic mass is 35.5. The molecule has 1 aliphatic rings. The molecule has 0 spiro atoms. The minimum absolute atomic E-state index is 0.0145. The number of carbonyl (C=O) groups excluding carboxylic acids is 4. The molecule has 0 aromatic heterocycles. The molecule has 1 aromatic carbocycles. The molecule has 1 aromatic rings. The van der Waals surface area contributed by atoms with Crippen LogP contribution in [0.15, 0.2) is 24.3 Å². The Balaban J connectivity index is 2.21. The van der Waals surface area contributed by atoms with Crippen LogP contribution in [0.5, 0.6) is 0 Å². The summed E-state index contributed by atoms with van der Waals surface area (Å²) in [4.78, 5) is 60.5. The predicted octanol–water partition coefficient (Wildman–Crippen LogP) is 5.66. The van der Waals surface area contributed by atoms with Crippen LogP contribution in [0, 0.1) is 23.7 Å². The van der Waals surface area contributed by atoms with Crippen molar-refractivity contribution in [2.75, 3.05) is 48.5 Å². The Hall–Kier alpha value is -2.37. The highest BCUT2D eigenvalue weighted by Crippen LogP contribution is 2.31. The van der Waals surface area contributed by atoms with E-state index in [-0.39, 0.29) is 72.6 Å². The number of halogens is 1. The average Bonchev–Trinajstić information content (AvgIpc) is 3.57. The number of hydrogen-bond acceptors (Lipinski definition) is 8. The lowest BCUT2D eigenvalue weighted by atomic mass is 9.86. The number of aryl methyl sites for hydroxylation is 1. The molecule has 8 atom stereocenters. The molecule has 0 aliphatic carbocycles. The molecule has 2 amide bonds. The average molecular weight is 735 g/mol. The highest BCUT2D eigenvalue weighted by molar-refractivity contribution is 6.31. The van der Waals surface area contributed by atoms with Gasteiger partial charge in [-0.2, -0.15) is 0 Å². The van der Waals surface area contributed by atoms with E-state index in [0.29, 0.717) is 37.3 Å². The first-order valence-corrected chi connectivity index (χ1v) is 19.3. The van der Waals surface area contributed by atoms with Gasteiger partial charge in [0.2, 0.25) is 11.8 Å². The minimum atomic E-state index is -0.577. The number of likely N-dealkylation sites (N-methyl/N-ethyl adjacent to an activating group) is 2. The predicted molar refractivity (Wildman–Crippen MR) is 205 cm³/mol. The maximum atomic E-state index is 14.1. The van der Waals surface area contributed by atoms with Gasteiger partial charge in [-0.05, 0) is 76.2 Å². The van der Waals surface area contributed by atoms with Crippen LogP contribution in [-0.4, -0.2) is 117 Å². The SMILES string of the molecule is CC[C@H](C)[C@@H]([C@@H](CC(=O)N1CCC[C@H]1[C@H](OC)[C@@H](C)C(=O)CCCc1ccccc1Cl)OC)N(C)C(=O)[C@H](CCN)CC(=O)[C@H](C(C)C)N(C)C. The molecule has 0 unspecified atom stereocenters. The summed E-state index contributed by atoms with van der Waals surface area (Å²) >= 11 is 6.32. The van der Waals surface area contributed by atoms with Crippen LogP contribution >= 0.6 is 11.6 Å². The maximum absolute atomic E-state index is 14.1. The molecule has 1 saturated heterocycles. The molecule has 1 aliphatic heterocycles. The second-order valence-corrected chi connectivity index (χ2v) is 15.5. The van der Waals surface area contributed by atoms with Gasteiger partial charge in [-0.15, -0.1) is 0 Å².